The van der Waals surface area contributed by atoms with E-state index in [1.165, 1.54) is 86.3 Å². The molecule has 0 bridgehead atoms. The molecule has 4 atom stereocenters. The summed E-state index contributed by atoms with van der Waals surface area (Å²) < 4.78 is 12.2. The van der Waals surface area contributed by atoms with Gasteiger partial charge in [0.05, 0.1) is 17.2 Å². The first kappa shape index (κ1) is 38.8. The first-order chi connectivity index (χ1) is 28.9. The van der Waals surface area contributed by atoms with Crippen molar-refractivity contribution in [1.82, 2.24) is 4.98 Å². The van der Waals surface area contributed by atoms with Crippen LogP contribution < -0.4 is 9.13 Å². The molecule has 4 unspecified atom stereocenters. The molecule has 304 valence electrons. The van der Waals surface area contributed by atoms with Crippen LogP contribution in [0.1, 0.15) is 142 Å². The average molecular weight is 792 g/mol. The Balaban J connectivity index is 1.21. The minimum atomic E-state index is 0.277. The van der Waals surface area contributed by atoms with Gasteiger partial charge in [-0.25, -0.2) is 4.98 Å². The van der Waals surface area contributed by atoms with Gasteiger partial charge < -0.3 is 4.42 Å². The fourth-order valence-corrected chi connectivity index (χ4v) is 11.8. The Bertz CT molecular complexity index is 2800. The molecule has 1 saturated carbocycles. The number of aromatic nitrogens is 3. The summed E-state index contributed by atoms with van der Waals surface area (Å²) in [4.78, 5) is 5.40. The van der Waals surface area contributed by atoms with Crippen LogP contribution in [0.4, 0.5) is 0 Å². The van der Waals surface area contributed by atoms with Gasteiger partial charge in [-0.2, -0.15) is 9.13 Å². The summed E-state index contributed by atoms with van der Waals surface area (Å²) in [6.07, 6.45) is 11.4. The van der Waals surface area contributed by atoms with Gasteiger partial charge in [0.15, 0.2) is 29.7 Å². The fraction of sp³-hybridized carbons (Fsp3) is 0.375. The number of benzene rings is 3. The normalized spacial score (nSPS) is 21.4. The van der Waals surface area contributed by atoms with Crippen molar-refractivity contribution in [1.29, 1.82) is 0 Å². The number of pyridine rings is 3. The second-order valence-electron chi connectivity index (χ2n) is 19.6. The van der Waals surface area contributed by atoms with Crippen LogP contribution in [0.25, 0.3) is 61.5 Å². The molecular weight excluding hydrogens is 731 g/mol. The summed E-state index contributed by atoms with van der Waals surface area (Å²) in [5.74, 6) is 3.00. The van der Waals surface area contributed by atoms with Crippen molar-refractivity contribution in [3.05, 3.63) is 143 Å². The van der Waals surface area contributed by atoms with Crippen molar-refractivity contribution in [2.45, 2.75) is 124 Å². The Morgan fingerprint density at radius 3 is 2.22 bits per heavy atom. The Morgan fingerprint density at radius 2 is 1.47 bits per heavy atom. The maximum atomic E-state index is 7.19. The molecule has 7 aromatic rings. The molecule has 3 aliphatic rings. The van der Waals surface area contributed by atoms with E-state index >= 15 is 0 Å². The summed E-state index contributed by atoms with van der Waals surface area (Å²) in [6.45, 7) is 23.6. The van der Waals surface area contributed by atoms with E-state index in [4.69, 9.17) is 16.0 Å². The molecule has 0 radical (unpaired) electrons. The number of hydrogen-bond acceptors (Lipinski definition) is 2. The van der Waals surface area contributed by atoms with Crippen LogP contribution >= 0.6 is 0 Å². The fourth-order valence-electron chi connectivity index (χ4n) is 11.8. The number of fused-ring (bicyclic) bond motifs is 13. The number of nitrogens with zero attached hydrogens (tertiary/aromatic N) is 3. The van der Waals surface area contributed by atoms with E-state index in [9.17, 15) is 0 Å². The van der Waals surface area contributed by atoms with Gasteiger partial charge in [0.2, 0.25) is 17.1 Å². The van der Waals surface area contributed by atoms with E-state index in [0.717, 1.165) is 47.0 Å². The first-order valence-corrected chi connectivity index (χ1v) is 22.8. The number of furan rings is 1. The highest BCUT2D eigenvalue weighted by atomic mass is 16.3. The Kier molecular flexibility index (Phi) is 9.69. The molecule has 4 heteroatoms. The number of rotatable bonds is 4. The number of aryl methyl sites for hydroxylation is 3. The minimum absolute atomic E-state index is 0.277. The summed E-state index contributed by atoms with van der Waals surface area (Å²) in [6, 6.07) is 32.5. The summed E-state index contributed by atoms with van der Waals surface area (Å²) >= 11 is 0. The van der Waals surface area contributed by atoms with E-state index in [1.807, 2.05) is 0 Å². The summed E-state index contributed by atoms with van der Waals surface area (Å²) in [5, 5.41) is 2.19. The van der Waals surface area contributed by atoms with Crippen LogP contribution in [0.3, 0.4) is 0 Å². The highest BCUT2D eigenvalue weighted by molar-refractivity contribution is 6.09. The van der Waals surface area contributed by atoms with Gasteiger partial charge in [0.1, 0.15) is 0 Å². The van der Waals surface area contributed by atoms with Crippen molar-refractivity contribution in [2.75, 3.05) is 0 Å². The standard InChI is InChI=1S/C56H61N3O/c1-32(2)41-15-12-16-42(33(3)4)54(41)49-22-21-46-45-20-18-39-19-24-51-48(43-13-10-11-14-44(43)50-23-17-34(5)30-59(50)51)28-38(9)58-31-37(8)47(40-26-35(6)25-36(7)27-40)29-52(58)53(39)55(45)60-56(46)57-49/h10-18,20-23,29-33,35-36,40,48,51H,9,19,24-28H2,1-8H3/q+2. The van der Waals surface area contributed by atoms with Gasteiger partial charge in [0, 0.05) is 58.0 Å². The monoisotopic (exact) mass is 791 g/mol. The van der Waals surface area contributed by atoms with Crippen LogP contribution in [-0.4, -0.2) is 4.98 Å². The SMILES string of the molecule is C=C1CC2c3ccccc3-c3ccc(C)c[n+]3C2CCc2ccc3c(oc4nc(-c5c(C(C)C)cccc5C(C)C)ccc43)c2-c2cc(C3CC(C)CC(C)C3)c(C)c[n+]21. The number of allylic oxidation sites excluding steroid dienone is 1. The van der Waals surface area contributed by atoms with Gasteiger partial charge in [-0.1, -0.05) is 90.1 Å². The molecule has 0 N–H and O–H groups in total. The molecule has 1 fully saturated rings. The maximum Gasteiger partial charge on any atom is 0.227 e. The third kappa shape index (κ3) is 6.44. The van der Waals surface area contributed by atoms with E-state index in [0.29, 0.717) is 35.3 Å². The number of hydrogen-bond donors (Lipinski definition) is 0. The Labute approximate surface area is 357 Å². The van der Waals surface area contributed by atoms with Crippen LogP contribution in [-0.2, 0) is 6.42 Å². The predicted molar refractivity (Wildman–Crippen MR) is 247 cm³/mol. The molecule has 4 nitrogen and oxygen atoms in total. The Morgan fingerprint density at radius 1 is 0.733 bits per heavy atom. The third-order valence-electron chi connectivity index (χ3n) is 14.5. The molecule has 6 heterocycles. The van der Waals surface area contributed by atoms with E-state index < -0.39 is 0 Å². The van der Waals surface area contributed by atoms with Gasteiger partial charge in [-0.15, -0.1) is 0 Å². The predicted octanol–water partition coefficient (Wildman–Crippen LogP) is 14.1. The van der Waals surface area contributed by atoms with E-state index in [1.54, 1.807) is 0 Å². The third-order valence-corrected chi connectivity index (χ3v) is 14.5. The van der Waals surface area contributed by atoms with Crippen molar-refractivity contribution in [2.24, 2.45) is 11.8 Å². The molecule has 10 rings (SSSR count). The highest BCUT2D eigenvalue weighted by Crippen LogP contribution is 2.47. The zero-order valence-electron chi connectivity index (χ0n) is 37.0. The highest BCUT2D eigenvalue weighted by Gasteiger charge is 2.43. The zero-order chi connectivity index (χ0) is 41.6. The Hall–Kier alpha value is -5.35. The van der Waals surface area contributed by atoms with Gasteiger partial charge in [-0.05, 0) is 128 Å². The molecule has 0 spiro atoms. The van der Waals surface area contributed by atoms with Crippen LogP contribution in [0, 0.1) is 25.7 Å². The molecule has 60 heavy (non-hydrogen) atoms. The van der Waals surface area contributed by atoms with E-state index in [2.05, 4.69) is 162 Å². The molecule has 3 aromatic carbocycles. The lowest BCUT2D eigenvalue weighted by atomic mass is 9.73. The second-order valence-corrected chi connectivity index (χ2v) is 19.6. The van der Waals surface area contributed by atoms with E-state index in [-0.39, 0.29) is 12.0 Å². The van der Waals surface area contributed by atoms with Crippen molar-refractivity contribution in [3.8, 4) is 33.8 Å². The molecular formula is C56H61N3O+2. The maximum absolute atomic E-state index is 7.19. The first-order valence-electron chi connectivity index (χ1n) is 22.8. The smallest absolute Gasteiger partial charge is 0.227 e. The van der Waals surface area contributed by atoms with Crippen molar-refractivity contribution >= 4 is 27.8 Å². The van der Waals surface area contributed by atoms with Crippen molar-refractivity contribution < 1.29 is 13.6 Å². The largest absolute Gasteiger partial charge is 0.437 e. The lowest BCUT2D eigenvalue weighted by Crippen LogP contribution is -2.49. The molecule has 0 saturated heterocycles. The quantitative estimate of drug-likeness (QED) is 0.166. The molecule has 4 aromatic heterocycles. The van der Waals surface area contributed by atoms with Gasteiger partial charge >= 0.3 is 0 Å². The van der Waals surface area contributed by atoms with Crippen LogP contribution in [0.15, 0.2) is 108 Å². The molecule has 0 amide bonds. The minimum Gasteiger partial charge on any atom is -0.437 e. The van der Waals surface area contributed by atoms with Crippen LogP contribution in [0.5, 0.6) is 0 Å². The van der Waals surface area contributed by atoms with Gasteiger partial charge in [-0.3, -0.25) is 0 Å². The van der Waals surface area contributed by atoms with Crippen molar-refractivity contribution in [3.63, 3.8) is 0 Å². The lowest BCUT2D eigenvalue weighted by Gasteiger charge is -2.33. The van der Waals surface area contributed by atoms with Gasteiger partial charge in [0.25, 0.3) is 0 Å². The summed E-state index contributed by atoms with van der Waals surface area (Å²) in [7, 11) is 0. The lowest BCUT2D eigenvalue weighted by molar-refractivity contribution is -0.719. The average Bonchev–Trinajstić information content (AvgIpc) is 3.60. The topological polar surface area (TPSA) is 33.8 Å². The zero-order valence-corrected chi connectivity index (χ0v) is 37.0. The second kappa shape index (κ2) is 15.0. The molecule has 2 aliphatic heterocycles. The van der Waals surface area contributed by atoms with Crippen LogP contribution in [0.2, 0.25) is 0 Å². The summed E-state index contributed by atoms with van der Waals surface area (Å²) in [5.41, 5.74) is 19.6. The molecule has 1 aliphatic carbocycles.